The summed E-state index contributed by atoms with van der Waals surface area (Å²) in [5.74, 6) is 0.0659. The Bertz CT molecular complexity index is 433. The fraction of sp³-hybridized carbons (Fsp3) is 0.833. The predicted octanol–water partition coefficient (Wildman–Crippen LogP) is 0.432. The highest BCUT2D eigenvalue weighted by Gasteiger charge is 2.26. The molecule has 0 aliphatic heterocycles. The SMILES string of the molecule is CCCNCCn1nnnc1SC(C)C(=O)NC1CC1. The van der Waals surface area contributed by atoms with Crippen molar-refractivity contribution in [1.29, 1.82) is 0 Å². The van der Waals surface area contributed by atoms with E-state index in [0.717, 1.165) is 32.4 Å². The maximum Gasteiger partial charge on any atom is 0.233 e. The highest BCUT2D eigenvalue weighted by Crippen LogP contribution is 2.23. The molecule has 2 N–H and O–H groups in total. The van der Waals surface area contributed by atoms with Gasteiger partial charge in [0, 0.05) is 12.6 Å². The van der Waals surface area contributed by atoms with Crippen LogP contribution in [0.2, 0.25) is 0 Å². The summed E-state index contributed by atoms with van der Waals surface area (Å²) in [5.41, 5.74) is 0. The van der Waals surface area contributed by atoms with E-state index in [1.165, 1.54) is 11.8 Å². The topological polar surface area (TPSA) is 84.7 Å². The molecule has 1 atom stereocenters. The van der Waals surface area contributed by atoms with E-state index in [1.54, 1.807) is 4.68 Å². The Labute approximate surface area is 123 Å². The fourth-order valence-electron chi connectivity index (χ4n) is 1.67. The van der Waals surface area contributed by atoms with Gasteiger partial charge in [0.25, 0.3) is 0 Å². The van der Waals surface area contributed by atoms with Crippen LogP contribution in [0.25, 0.3) is 0 Å². The third-order valence-electron chi connectivity index (χ3n) is 3.00. The third kappa shape index (κ3) is 4.75. The molecule has 1 aliphatic rings. The number of carbonyl (C=O) groups is 1. The van der Waals surface area contributed by atoms with Crippen LogP contribution in [-0.2, 0) is 11.3 Å². The van der Waals surface area contributed by atoms with Crippen LogP contribution in [0.15, 0.2) is 5.16 Å². The van der Waals surface area contributed by atoms with Crippen molar-refractivity contribution >= 4 is 17.7 Å². The van der Waals surface area contributed by atoms with Gasteiger partial charge in [0.2, 0.25) is 11.1 Å². The average molecular weight is 298 g/mol. The molecule has 2 rings (SSSR count). The third-order valence-corrected chi connectivity index (χ3v) is 4.07. The summed E-state index contributed by atoms with van der Waals surface area (Å²) in [6.07, 6.45) is 3.31. The van der Waals surface area contributed by atoms with Gasteiger partial charge >= 0.3 is 0 Å². The van der Waals surface area contributed by atoms with Crippen LogP contribution in [-0.4, -0.2) is 50.5 Å². The standard InChI is InChI=1S/C12H22N6OS/c1-3-6-13-7-8-18-12(15-16-17-18)20-9(2)11(19)14-10-4-5-10/h9-10,13H,3-8H2,1-2H3,(H,14,19). The Hall–Kier alpha value is -1.15. The van der Waals surface area contributed by atoms with Gasteiger partial charge in [-0.15, -0.1) is 5.10 Å². The molecule has 1 heterocycles. The molecule has 0 aromatic carbocycles. The summed E-state index contributed by atoms with van der Waals surface area (Å²) in [6.45, 7) is 6.55. The molecule has 0 bridgehead atoms. The number of amides is 1. The van der Waals surface area contributed by atoms with Crippen LogP contribution in [0.3, 0.4) is 0 Å². The Morgan fingerprint density at radius 2 is 2.30 bits per heavy atom. The summed E-state index contributed by atoms with van der Waals surface area (Å²) in [6, 6.07) is 0.389. The van der Waals surface area contributed by atoms with Gasteiger partial charge in [-0.3, -0.25) is 4.79 Å². The lowest BCUT2D eigenvalue weighted by molar-refractivity contribution is -0.120. The van der Waals surface area contributed by atoms with Crippen molar-refractivity contribution < 1.29 is 4.79 Å². The molecule has 20 heavy (non-hydrogen) atoms. The second-order valence-electron chi connectivity index (χ2n) is 4.98. The van der Waals surface area contributed by atoms with Gasteiger partial charge in [-0.25, -0.2) is 4.68 Å². The number of carbonyl (C=O) groups excluding carboxylic acids is 1. The van der Waals surface area contributed by atoms with Gasteiger partial charge < -0.3 is 10.6 Å². The first-order valence-electron chi connectivity index (χ1n) is 7.14. The molecule has 1 aliphatic carbocycles. The van der Waals surface area contributed by atoms with Gasteiger partial charge in [-0.1, -0.05) is 18.7 Å². The van der Waals surface area contributed by atoms with Crippen molar-refractivity contribution in [2.75, 3.05) is 13.1 Å². The van der Waals surface area contributed by atoms with Crippen molar-refractivity contribution in [1.82, 2.24) is 30.8 Å². The first kappa shape index (κ1) is 15.2. The Morgan fingerprint density at radius 1 is 1.50 bits per heavy atom. The van der Waals surface area contributed by atoms with Crippen LogP contribution in [0.5, 0.6) is 0 Å². The van der Waals surface area contributed by atoms with Gasteiger partial charge in [0.15, 0.2) is 0 Å². The molecule has 1 saturated carbocycles. The number of nitrogens with one attached hydrogen (secondary N) is 2. The van der Waals surface area contributed by atoms with Gasteiger partial charge in [0.1, 0.15) is 0 Å². The molecule has 0 saturated heterocycles. The Morgan fingerprint density at radius 3 is 3.00 bits per heavy atom. The molecule has 1 aromatic rings. The number of aromatic nitrogens is 4. The zero-order valence-electron chi connectivity index (χ0n) is 12.0. The average Bonchev–Trinajstić information content (AvgIpc) is 3.14. The van der Waals surface area contributed by atoms with Crippen LogP contribution in [0, 0.1) is 0 Å². The maximum absolute atomic E-state index is 11.9. The van der Waals surface area contributed by atoms with Gasteiger partial charge in [-0.05, 0) is 43.2 Å². The second kappa shape index (κ2) is 7.58. The second-order valence-corrected chi connectivity index (χ2v) is 6.29. The molecule has 1 unspecified atom stereocenters. The van der Waals surface area contributed by atoms with Crippen molar-refractivity contribution in [3.63, 3.8) is 0 Å². The molecule has 7 nitrogen and oxygen atoms in total. The summed E-state index contributed by atoms with van der Waals surface area (Å²) in [4.78, 5) is 11.9. The van der Waals surface area contributed by atoms with Crippen LogP contribution in [0.4, 0.5) is 0 Å². The lowest BCUT2D eigenvalue weighted by Crippen LogP contribution is -2.32. The van der Waals surface area contributed by atoms with Crippen molar-refractivity contribution in [3.8, 4) is 0 Å². The minimum absolute atomic E-state index is 0.0659. The van der Waals surface area contributed by atoms with Gasteiger partial charge in [0.05, 0.1) is 11.8 Å². The van der Waals surface area contributed by atoms with E-state index in [9.17, 15) is 4.79 Å². The summed E-state index contributed by atoms with van der Waals surface area (Å²) in [5, 5.41) is 18.5. The van der Waals surface area contributed by atoms with Crippen molar-refractivity contribution in [3.05, 3.63) is 0 Å². The lowest BCUT2D eigenvalue weighted by Gasteiger charge is -2.11. The molecule has 1 fully saturated rings. The zero-order valence-corrected chi connectivity index (χ0v) is 12.8. The number of nitrogens with zero attached hydrogens (tertiary/aromatic N) is 4. The van der Waals surface area contributed by atoms with E-state index in [2.05, 4.69) is 33.1 Å². The van der Waals surface area contributed by atoms with Gasteiger partial charge in [-0.2, -0.15) is 0 Å². The van der Waals surface area contributed by atoms with Crippen LogP contribution < -0.4 is 10.6 Å². The largest absolute Gasteiger partial charge is 0.352 e. The smallest absolute Gasteiger partial charge is 0.233 e. The Balaban J connectivity index is 1.79. The normalized spacial score (nSPS) is 16.1. The molecular formula is C12H22N6OS. The monoisotopic (exact) mass is 298 g/mol. The number of hydrogen-bond donors (Lipinski definition) is 2. The fourth-order valence-corrected chi connectivity index (χ4v) is 2.49. The summed E-state index contributed by atoms with van der Waals surface area (Å²) >= 11 is 1.41. The quantitative estimate of drug-likeness (QED) is 0.508. The first-order valence-corrected chi connectivity index (χ1v) is 8.02. The van der Waals surface area contributed by atoms with E-state index < -0.39 is 0 Å². The summed E-state index contributed by atoms with van der Waals surface area (Å²) < 4.78 is 1.74. The molecule has 0 spiro atoms. The molecule has 0 radical (unpaired) electrons. The maximum atomic E-state index is 11.9. The van der Waals surface area contributed by atoms with Crippen LogP contribution >= 0.6 is 11.8 Å². The van der Waals surface area contributed by atoms with E-state index >= 15 is 0 Å². The molecule has 1 aromatic heterocycles. The zero-order chi connectivity index (χ0) is 14.4. The summed E-state index contributed by atoms with van der Waals surface area (Å²) in [7, 11) is 0. The number of thioether (sulfide) groups is 1. The molecular weight excluding hydrogens is 276 g/mol. The highest BCUT2D eigenvalue weighted by atomic mass is 32.2. The minimum Gasteiger partial charge on any atom is -0.352 e. The minimum atomic E-state index is -0.177. The van der Waals surface area contributed by atoms with E-state index in [0.29, 0.717) is 17.7 Å². The van der Waals surface area contributed by atoms with E-state index in [4.69, 9.17) is 0 Å². The van der Waals surface area contributed by atoms with Crippen molar-refractivity contribution in [2.45, 2.75) is 56.1 Å². The number of tetrazole rings is 1. The lowest BCUT2D eigenvalue weighted by atomic mass is 10.4. The molecule has 8 heteroatoms. The van der Waals surface area contributed by atoms with E-state index in [-0.39, 0.29) is 11.2 Å². The number of rotatable bonds is 9. The van der Waals surface area contributed by atoms with Crippen molar-refractivity contribution in [2.24, 2.45) is 0 Å². The highest BCUT2D eigenvalue weighted by molar-refractivity contribution is 8.00. The Kier molecular flexibility index (Phi) is 5.78. The molecule has 112 valence electrons. The molecule has 1 amide bonds. The first-order chi connectivity index (χ1) is 9.70. The number of hydrogen-bond acceptors (Lipinski definition) is 6. The predicted molar refractivity (Wildman–Crippen MR) is 77.5 cm³/mol. The van der Waals surface area contributed by atoms with E-state index in [1.807, 2.05) is 6.92 Å². The van der Waals surface area contributed by atoms with Crippen LogP contribution in [0.1, 0.15) is 33.1 Å².